The first-order chi connectivity index (χ1) is 9.47. The summed E-state index contributed by atoms with van der Waals surface area (Å²) in [4.78, 5) is 16.5. The molecule has 1 N–H and O–H groups in total. The quantitative estimate of drug-likeness (QED) is 0.842. The number of aromatic carboxylic acids is 1. The molecule has 2 unspecified atom stereocenters. The number of hydrogen-bond acceptors (Lipinski definition) is 2. The topological polar surface area (TPSA) is 50.2 Å². The van der Waals surface area contributed by atoms with Crippen LogP contribution in [0.3, 0.4) is 0 Å². The Morgan fingerprint density at radius 1 is 1.40 bits per heavy atom. The van der Waals surface area contributed by atoms with Crippen LogP contribution in [0.4, 0.5) is 0 Å². The summed E-state index contributed by atoms with van der Waals surface area (Å²) in [5.41, 5.74) is 3.10. The molecule has 3 rings (SSSR count). The van der Waals surface area contributed by atoms with Gasteiger partial charge in [-0.1, -0.05) is 29.8 Å². The van der Waals surface area contributed by atoms with Crippen LogP contribution in [0.1, 0.15) is 47.8 Å². The second kappa shape index (κ2) is 4.85. The van der Waals surface area contributed by atoms with Gasteiger partial charge in [0, 0.05) is 15.6 Å². The SMILES string of the molecule is CC1Cc2c(nc3ccc(Br)cc3c2C(=O)O)C(C)C1. The minimum absolute atomic E-state index is 0.319. The maximum Gasteiger partial charge on any atom is 0.336 e. The molecule has 0 saturated carbocycles. The fraction of sp³-hybridized carbons (Fsp3) is 0.375. The van der Waals surface area contributed by atoms with Gasteiger partial charge in [0.2, 0.25) is 0 Å². The Kier molecular flexibility index (Phi) is 3.28. The molecule has 0 fully saturated rings. The van der Waals surface area contributed by atoms with Crippen molar-refractivity contribution < 1.29 is 9.90 Å². The fourth-order valence-electron chi connectivity index (χ4n) is 3.30. The highest BCUT2D eigenvalue weighted by Crippen LogP contribution is 2.38. The van der Waals surface area contributed by atoms with Gasteiger partial charge in [0.15, 0.2) is 0 Å². The van der Waals surface area contributed by atoms with Crippen molar-refractivity contribution in [3.63, 3.8) is 0 Å². The van der Waals surface area contributed by atoms with Crippen molar-refractivity contribution in [3.05, 3.63) is 39.5 Å². The van der Waals surface area contributed by atoms with Crippen molar-refractivity contribution in [2.24, 2.45) is 5.92 Å². The van der Waals surface area contributed by atoms with E-state index in [0.29, 0.717) is 17.4 Å². The van der Waals surface area contributed by atoms with Gasteiger partial charge in [-0.2, -0.15) is 0 Å². The molecule has 0 amide bonds. The van der Waals surface area contributed by atoms with Gasteiger partial charge in [-0.15, -0.1) is 0 Å². The summed E-state index contributed by atoms with van der Waals surface area (Å²) in [6.07, 6.45) is 1.87. The molecule has 1 aliphatic rings. The maximum atomic E-state index is 11.8. The number of nitrogens with zero attached hydrogens (tertiary/aromatic N) is 1. The van der Waals surface area contributed by atoms with Crippen LogP contribution in [0.25, 0.3) is 10.9 Å². The average Bonchev–Trinajstić information content (AvgIpc) is 2.36. The van der Waals surface area contributed by atoms with E-state index in [1.54, 1.807) is 0 Å². The third kappa shape index (κ3) is 2.12. The Morgan fingerprint density at radius 3 is 2.85 bits per heavy atom. The summed E-state index contributed by atoms with van der Waals surface area (Å²) >= 11 is 3.41. The van der Waals surface area contributed by atoms with Gasteiger partial charge >= 0.3 is 5.97 Å². The Bertz CT molecular complexity index is 711. The molecule has 0 radical (unpaired) electrons. The van der Waals surface area contributed by atoms with E-state index in [2.05, 4.69) is 29.8 Å². The summed E-state index contributed by atoms with van der Waals surface area (Å²) in [6.45, 7) is 4.31. The molecule has 0 aliphatic heterocycles. The number of hydrogen-bond donors (Lipinski definition) is 1. The van der Waals surface area contributed by atoms with Crippen LogP contribution in [0.5, 0.6) is 0 Å². The summed E-state index contributed by atoms with van der Waals surface area (Å²) in [7, 11) is 0. The van der Waals surface area contributed by atoms with Gasteiger partial charge in [-0.3, -0.25) is 4.98 Å². The molecule has 0 bridgehead atoms. The van der Waals surface area contributed by atoms with Crippen molar-refractivity contribution >= 4 is 32.8 Å². The van der Waals surface area contributed by atoms with Crippen LogP contribution in [0, 0.1) is 5.92 Å². The number of carboxylic acid groups (broad SMARTS) is 1. The van der Waals surface area contributed by atoms with Crippen molar-refractivity contribution in [2.45, 2.75) is 32.6 Å². The number of benzene rings is 1. The molecule has 0 saturated heterocycles. The van der Waals surface area contributed by atoms with E-state index in [0.717, 1.165) is 39.5 Å². The van der Waals surface area contributed by atoms with E-state index in [1.807, 2.05) is 18.2 Å². The molecule has 20 heavy (non-hydrogen) atoms. The third-order valence-electron chi connectivity index (χ3n) is 4.07. The van der Waals surface area contributed by atoms with Gasteiger partial charge in [-0.05, 0) is 48.4 Å². The highest BCUT2D eigenvalue weighted by molar-refractivity contribution is 9.10. The molecular weight excluding hydrogens is 318 g/mol. The smallest absolute Gasteiger partial charge is 0.336 e. The number of rotatable bonds is 1. The summed E-state index contributed by atoms with van der Waals surface area (Å²) in [6, 6.07) is 5.65. The average molecular weight is 334 g/mol. The maximum absolute atomic E-state index is 11.8. The van der Waals surface area contributed by atoms with Crippen LogP contribution in [-0.4, -0.2) is 16.1 Å². The molecule has 4 heteroatoms. The van der Waals surface area contributed by atoms with E-state index >= 15 is 0 Å². The Hall–Kier alpha value is -1.42. The number of pyridine rings is 1. The highest BCUT2D eigenvalue weighted by Gasteiger charge is 2.29. The molecule has 2 atom stereocenters. The number of fused-ring (bicyclic) bond motifs is 2. The van der Waals surface area contributed by atoms with Crippen molar-refractivity contribution in [3.8, 4) is 0 Å². The second-order valence-corrected chi connectivity index (χ2v) is 6.68. The van der Waals surface area contributed by atoms with Crippen molar-refractivity contribution in [1.82, 2.24) is 4.98 Å². The number of carboxylic acids is 1. The molecule has 0 spiro atoms. The highest BCUT2D eigenvalue weighted by atomic mass is 79.9. The lowest BCUT2D eigenvalue weighted by atomic mass is 9.79. The fourth-order valence-corrected chi connectivity index (χ4v) is 3.66. The zero-order valence-electron chi connectivity index (χ0n) is 11.5. The minimum Gasteiger partial charge on any atom is -0.478 e. The summed E-state index contributed by atoms with van der Waals surface area (Å²) in [5, 5.41) is 10.4. The summed E-state index contributed by atoms with van der Waals surface area (Å²) in [5.74, 6) is -0.0325. The number of carbonyl (C=O) groups is 1. The van der Waals surface area contributed by atoms with E-state index in [4.69, 9.17) is 4.98 Å². The van der Waals surface area contributed by atoms with E-state index in [1.165, 1.54) is 0 Å². The van der Waals surface area contributed by atoms with Gasteiger partial charge in [0.1, 0.15) is 0 Å². The molecule has 104 valence electrons. The Balaban J connectivity index is 2.40. The van der Waals surface area contributed by atoms with Crippen LogP contribution >= 0.6 is 15.9 Å². The van der Waals surface area contributed by atoms with Gasteiger partial charge in [0.25, 0.3) is 0 Å². The zero-order valence-corrected chi connectivity index (χ0v) is 13.1. The zero-order chi connectivity index (χ0) is 14.4. The molecule has 1 aromatic carbocycles. The first-order valence-corrected chi connectivity index (χ1v) is 7.62. The largest absolute Gasteiger partial charge is 0.478 e. The first kappa shape index (κ1) is 13.6. The van der Waals surface area contributed by atoms with Crippen LogP contribution < -0.4 is 0 Å². The monoisotopic (exact) mass is 333 g/mol. The molecule has 1 aromatic heterocycles. The predicted molar refractivity (Wildman–Crippen MR) is 82.3 cm³/mol. The van der Waals surface area contributed by atoms with Gasteiger partial charge in [0.05, 0.1) is 11.1 Å². The normalized spacial score (nSPS) is 21.8. The predicted octanol–water partition coefficient (Wildman–Crippen LogP) is 4.38. The molecule has 1 heterocycles. The molecule has 1 aliphatic carbocycles. The number of aromatic nitrogens is 1. The van der Waals surface area contributed by atoms with Crippen LogP contribution in [-0.2, 0) is 6.42 Å². The van der Waals surface area contributed by atoms with E-state index in [-0.39, 0.29) is 0 Å². The molecular formula is C16H16BrNO2. The lowest BCUT2D eigenvalue weighted by Crippen LogP contribution is -2.20. The summed E-state index contributed by atoms with van der Waals surface area (Å²) < 4.78 is 0.881. The molecule has 2 aromatic rings. The van der Waals surface area contributed by atoms with Gasteiger partial charge < -0.3 is 5.11 Å². The van der Waals surface area contributed by atoms with Crippen molar-refractivity contribution in [2.75, 3.05) is 0 Å². The lowest BCUT2D eigenvalue weighted by molar-refractivity contribution is 0.0697. The number of halogens is 1. The minimum atomic E-state index is -0.854. The Labute approximate surface area is 126 Å². The van der Waals surface area contributed by atoms with Crippen LogP contribution in [0.2, 0.25) is 0 Å². The standard InChI is InChI=1S/C16H16BrNO2/c1-8-5-9(2)15-12(6-8)14(16(19)20)11-7-10(17)3-4-13(11)18-15/h3-4,7-9H,5-6H2,1-2H3,(H,19,20). The Morgan fingerprint density at radius 2 is 2.15 bits per heavy atom. The van der Waals surface area contributed by atoms with Crippen LogP contribution in [0.15, 0.2) is 22.7 Å². The lowest BCUT2D eigenvalue weighted by Gasteiger charge is -2.28. The van der Waals surface area contributed by atoms with E-state index < -0.39 is 5.97 Å². The third-order valence-corrected chi connectivity index (χ3v) is 4.56. The van der Waals surface area contributed by atoms with Gasteiger partial charge in [-0.25, -0.2) is 4.79 Å². The van der Waals surface area contributed by atoms with Crippen molar-refractivity contribution in [1.29, 1.82) is 0 Å². The second-order valence-electron chi connectivity index (χ2n) is 5.76. The van der Waals surface area contributed by atoms with E-state index in [9.17, 15) is 9.90 Å². The molecule has 3 nitrogen and oxygen atoms in total. The first-order valence-electron chi connectivity index (χ1n) is 6.82.